The van der Waals surface area contributed by atoms with Crippen LogP contribution < -0.4 is 10.4 Å². The van der Waals surface area contributed by atoms with E-state index < -0.39 is 5.63 Å². The fourth-order valence-electron chi connectivity index (χ4n) is 1.98. The number of cyclic esters (lactones) is 1. The molecule has 2 heterocycles. The minimum absolute atomic E-state index is 0.205. The summed E-state index contributed by atoms with van der Waals surface area (Å²) in [5.74, 6) is 1.03. The van der Waals surface area contributed by atoms with Crippen molar-refractivity contribution in [3.8, 4) is 5.75 Å². The molecule has 0 unspecified atom stereocenters. The lowest BCUT2D eigenvalue weighted by atomic mass is 10.2. The van der Waals surface area contributed by atoms with Gasteiger partial charge < -0.3 is 13.9 Å². The molecule has 0 amide bonds. The van der Waals surface area contributed by atoms with Crippen molar-refractivity contribution < 1.29 is 18.7 Å². The highest BCUT2D eigenvalue weighted by molar-refractivity contribution is 5.77. The first-order valence-corrected chi connectivity index (χ1v) is 6.27. The van der Waals surface area contributed by atoms with Gasteiger partial charge in [-0.1, -0.05) is 0 Å². The normalized spacial score (nSPS) is 16.6. The molecule has 0 atom stereocenters. The van der Waals surface area contributed by atoms with Gasteiger partial charge in [0.15, 0.2) is 0 Å². The van der Waals surface area contributed by atoms with Gasteiger partial charge in [-0.2, -0.15) is 0 Å². The first kappa shape index (κ1) is 12.5. The van der Waals surface area contributed by atoms with Crippen LogP contribution in [-0.4, -0.2) is 12.6 Å². The molecule has 0 bridgehead atoms. The van der Waals surface area contributed by atoms with Gasteiger partial charge in [-0.25, -0.2) is 4.79 Å². The molecule has 3 rings (SSSR count). The lowest BCUT2D eigenvalue weighted by Crippen LogP contribution is -1.97. The lowest BCUT2D eigenvalue weighted by molar-refractivity contribution is -0.135. The van der Waals surface area contributed by atoms with Crippen molar-refractivity contribution in [2.75, 3.05) is 6.61 Å². The zero-order valence-electron chi connectivity index (χ0n) is 10.6. The number of fused-ring (bicyclic) bond motifs is 1. The molecule has 5 heteroatoms. The van der Waals surface area contributed by atoms with Crippen LogP contribution in [0.15, 0.2) is 51.4 Å². The Morgan fingerprint density at radius 2 is 2.00 bits per heavy atom. The number of carbonyl (C=O) groups excluding carboxylic acids is 1. The molecule has 1 aliphatic rings. The standard InChI is InChI=1S/C15H12O5/c16-14-6-4-11(19-14)7-8-18-12-3-1-10-2-5-15(17)20-13(10)9-12/h1-3,5,7,9H,4,6,8H2/b11-7+. The fourth-order valence-corrected chi connectivity index (χ4v) is 1.98. The van der Waals surface area contributed by atoms with Crippen LogP contribution in [0.4, 0.5) is 0 Å². The Balaban J connectivity index is 1.71. The number of carbonyl (C=O) groups is 1. The third-order valence-electron chi connectivity index (χ3n) is 2.98. The lowest BCUT2D eigenvalue weighted by Gasteiger charge is -2.04. The summed E-state index contributed by atoms with van der Waals surface area (Å²) >= 11 is 0. The Morgan fingerprint density at radius 1 is 1.15 bits per heavy atom. The molecule has 20 heavy (non-hydrogen) atoms. The van der Waals surface area contributed by atoms with Crippen LogP contribution in [0, 0.1) is 0 Å². The maximum atomic E-state index is 11.1. The largest absolute Gasteiger partial charge is 0.489 e. The van der Waals surface area contributed by atoms with E-state index in [4.69, 9.17) is 13.9 Å². The van der Waals surface area contributed by atoms with E-state index in [1.54, 1.807) is 24.3 Å². The van der Waals surface area contributed by atoms with Crippen molar-refractivity contribution in [2.45, 2.75) is 12.8 Å². The van der Waals surface area contributed by atoms with Crippen LogP contribution >= 0.6 is 0 Å². The van der Waals surface area contributed by atoms with Crippen LogP contribution in [0.2, 0.25) is 0 Å². The molecular weight excluding hydrogens is 260 g/mol. The molecule has 0 aliphatic carbocycles. The van der Waals surface area contributed by atoms with E-state index >= 15 is 0 Å². The van der Waals surface area contributed by atoms with Crippen LogP contribution in [-0.2, 0) is 9.53 Å². The van der Waals surface area contributed by atoms with Gasteiger partial charge >= 0.3 is 11.6 Å². The smallest absolute Gasteiger partial charge is 0.336 e. The summed E-state index contributed by atoms with van der Waals surface area (Å²) in [7, 11) is 0. The van der Waals surface area contributed by atoms with Gasteiger partial charge in [-0.15, -0.1) is 0 Å². The summed E-state index contributed by atoms with van der Waals surface area (Å²) in [6.07, 6.45) is 2.78. The summed E-state index contributed by atoms with van der Waals surface area (Å²) in [5, 5.41) is 0.833. The van der Waals surface area contributed by atoms with Crippen LogP contribution in [0.3, 0.4) is 0 Å². The van der Waals surface area contributed by atoms with E-state index in [-0.39, 0.29) is 5.97 Å². The highest BCUT2D eigenvalue weighted by Crippen LogP contribution is 2.20. The summed E-state index contributed by atoms with van der Waals surface area (Å²) < 4.78 is 15.6. The SMILES string of the molecule is O=C1CC/C(=C\COc2ccc3ccc(=O)oc3c2)O1. The fraction of sp³-hybridized carbons (Fsp3) is 0.200. The van der Waals surface area contributed by atoms with Crippen molar-refractivity contribution in [1.82, 2.24) is 0 Å². The van der Waals surface area contributed by atoms with Crippen molar-refractivity contribution in [2.24, 2.45) is 0 Å². The molecule has 1 aromatic carbocycles. The molecule has 102 valence electrons. The maximum absolute atomic E-state index is 11.1. The third kappa shape index (κ3) is 2.71. The second kappa shape index (κ2) is 5.21. The van der Waals surface area contributed by atoms with E-state index in [2.05, 4.69) is 0 Å². The molecule has 1 aromatic heterocycles. The highest BCUT2D eigenvalue weighted by atomic mass is 16.5. The summed E-state index contributed by atoms with van der Waals surface area (Å²) in [5.41, 5.74) is 0.0876. The third-order valence-corrected chi connectivity index (χ3v) is 2.98. The van der Waals surface area contributed by atoms with Crippen molar-refractivity contribution in [3.05, 3.63) is 52.6 Å². The van der Waals surface area contributed by atoms with Gasteiger partial charge in [0.2, 0.25) is 0 Å². The Hall–Kier alpha value is -2.56. The van der Waals surface area contributed by atoms with E-state index in [1.807, 2.05) is 6.07 Å². The van der Waals surface area contributed by atoms with Crippen LogP contribution in [0.25, 0.3) is 11.0 Å². The summed E-state index contributed by atoms with van der Waals surface area (Å²) in [6.45, 7) is 0.297. The number of esters is 1. The monoisotopic (exact) mass is 272 g/mol. The van der Waals surface area contributed by atoms with Gasteiger partial charge in [-0.3, -0.25) is 4.79 Å². The number of allylic oxidation sites excluding steroid dienone is 1. The Kier molecular flexibility index (Phi) is 3.25. The second-order valence-corrected chi connectivity index (χ2v) is 4.41. The zero-order chi connectivity index (χ0) is 13.9. The van der Waals surface area contributed by atoms with Crippen molar-refractivity contribution in [3.63, 3.8) is 0 Å². The molecular formula is C15H12O5. The molecule has 1 fully saturated rings. The average Bonchev–Trinajstić information content (AvgIpc) is 2.84. The Morgan fingerprint density at radius 3 is 2.80 bits per heavy atom. The second-order valence-electron chi connectivity index (χ2n) is 4.41. The molecule has 1 saturated heterocycles. The van der Waals surface area contributed by atoms with Crippen molar-refractivity contribution >= 4 is 16.9 Å². The van der Waals surface area contributed by atoms with Gasteiger partial charge in [0.1, 0.15) is 23.7 Å². The van der Waals surface area contributed by atoms with Gasteiger partial charge in [-0.05, 0) is 24.3 Å². The first-order chi connectivity index (χ1) is 9.70. The maximum Gasteiger partial charge on any atom is 0.336 e. The van der Waals surface area contributed by atoms with E-state index in [9.17, 15) is 9.59 Å². The topological polar surface area (TPSA) is 65.7 Å². The minimum Gasteiger partial charge on any atom is -0.489 e. The van der Waals surface area contributed by atoms with Gasteiger partial charge in [0.05, 0.1) is 6.42 Å². The van der Waals surface area contributed by atoms with Crippen LogP contribution in [0.1, 0.15) is 12.8 Å². The number of rotatable bonds is 3. The van der Waals surface area contributed by atoms with Crippen LogP contribution in [0.5, 0.6) is 5.75 Å². The van der Waals surface area contributed by atoms with Gasteiger partial charge in [0, 0.05) is 23.9 Å². The molecule has 5 nitrogen and oxygen atoms in total. The average molecular weight is 272 g/mol. The Bertz CT molecular complexity index is 741. The van der Waals surface area contributed by atoms with E-state index in [0.29, 0.717) is 36.5 Å². The number of benzene rings is 1. The molecule has 1 aliphatic heterocycles. The highest BCUT2D eigenvalue weighted by Gasteiger charge is 2.16. The first-order valence-electron chi connectivity index (χ1n) is 6.27. The summed E-state index contributed by atoms with van der Waals surface area (Å²) in [4.78, 5) is 22.1. The quantitative estimate of drug-likeness (QED) is 0.634. The molecule has 0 saturated carbocycles. The summed E-state index contributed by atoms with van der Waals surface area (Å²) in [6, 6.07) is 8.35. The molecule has 0 N–H and O–H groups in total. The molecule has 0 spiro atoms. The number of hydrogen-bond donors (Lipinski definition) is 0. The number of hydrogen-bond acceptors (Lipinski definition) is 5. The molecule has 2 aromatic rings. The van der Waals surface area contributed by atoms with E-state index in [0.717, 1.165) is 5.39 Å². The predicted molar refractivity (Wildman–Crippen MR) is 71.4 cm³/mol. The zero-order valence-corrected chi connectivity index (χ0v) is 10.6. The van der Waals surface area contributed by atoms with Crippen molar-refractivity contribution in [1.29, 1.82) is 0 Å². The van der Waals surface area contributed by atoms with E-state index in [1.165, 1.54) is 6.07 Å². The van der Waals surface area contributed by atoms with Gasteiger partial charge in [0.25, 0.3) is 0 Å². The molecule has 0 radical (unpaired) electrons. The Labute approximate surface area is 114 Å². The number of ether oxygens (including phenoxy) is 2. The minimum atomic E-state index is -0.394. The predicted octanol–water partition coefficient (Wildman–Crippen LogP) is 2.39.